The third-order valence-corrected chi connectivity index (χ3v) is 4.07. The number of alkyl halides is 1. The molecule has 1 aliphatic carbocycles. The minimum absolute atomic E-state index is 0.177. The predicted molar refractivity (Wildman–Crippen MR) is 75.7 cm³/mol. The Labute approximate surface area is 117 Å². The summed E-state index contributed by atoms with van der Waals surface area (Å²) in [4.78, 5) is 26.5. The fourth-order valence-corrected chi connectivity index (χ4v) is 2.66. The first kappa shape index (κ1) is 14.1. The predicted octanol–water partition coefficient (Wildman–Crippen LogP) is 2.21. The second-order valence-electron chi connectivity index (χ2n) is 5.22. The molecule has 1 aliphatic rings. The van der Waals surface area contributed by atoms with Crippen LogP contribution in [0.25, 0.3) is 0 Å². The van der Waals surface area contributed by atoms with Crippen LogP contribution < -0.4 is 10.7 Å². The van der Waals surface area contributed by atoms with Crippen LogP contribution in [0.5, 0.6) is 0 Å². The summed E-state index contributed by atoms with van der Waals surface area (Å²) in [6.45, 7) is 2.41. The van der Waals surface area contributed by atoms with Gasteiger partial charge in [0.15, 0.2) is 5.43 Å². The summed E-state index contributed by atoms with van der Waals surface area (Å²) in [6, 6.07) is 1.44. The van der Waals surface area contributed by atoms with Crippen LogP contribution in [0.3, 0.4) is 0 Å². The van der Waals surface area contributed by atoms with Gasteiger partial charge in [0.05, 0.1) is 0 Å². The summed E-state index contributed by atoms with van der Waals surface area (Å²) < 4.78 is 0. The molecule has 2 N–H and O–H groups in total. The summed E-state index contributed by atoms with van der Waals surface area (Å²) in [5.74, 6) is 0.178. The third kappa shape index (κ3) is 3.83. The average Bonchev–Trinajstić information content (AvgIpc) is 2.37. The molecule has 0 radical (unpaired) electrons. The minimum Gasteiger partial charge on any atom is -0.364 e. The largest absolute Gasteiger partial charge is 0.364 e. The van der Waals surface area contributed by atoms with Crippen LogP contribution in [0, 0.1) is 12.8 Å². The summed E-state index contributed by atoms with van der Waals surface area (Å²) in [6.07, 6.45) is 5.57. The van der Waals surface area contributed by atoms with Crippen molar-refractivity contribution < 1.29 is 4.79 Å². The van der Waals surface area contributed by atoms with Crippen LogP contribution in [0.4, 0.5) is 0 Å². The number of aromatic amines is 1. The van der Waals surface area contributed by atoms with Gasteiger partial charge in [-0.05, 0) is 38.5 Å². The van der Waals surface area contributed by atoms with Crippen molar-refractivity contribution in [1.29, 1.82) is 0 Å². The number of hydrogen-bond donors (Lipinski definition) is 2. The van der Waals surface area contributed by atoms with E-state index in [9.17, 15) is 9.59 Å². The topological polar surface area (TPSA) is 62.0 Å². The molecule has 0 aliphatic heterocycles. The van der Waals surface area contributed by atoms with Crippen molar-refractivity contribution in [3.8, 4) is 0 Å². The molecule has 0 bridgehead atoms. The number of rotatable bonds is 3. The lowest BCUT2D eigenvalue weighted by Crippen LogP contribution is -2.34. The Hall–Kier alpha value is -1.29. The molecule has 104 valence electrons. The van der Waals surface area contributed by atoms with E-state index in [1.165, 1.54) is 12.3 Å². The Bertz CT molecular complexity index is 504. The number of H-pyrrole nitrogens is 1. The molecule has 4 nitrogen and oxygen atoms in total. The van der Waals surface area contributed by atoms with Crippen molar-refractivity contribution in [2.24, 2.45) is 5.92 Å². The van der Waals surface area contributed by atoms with E-state index in [1.807, 2.05) is 0 Å². The van der Waals surface area contributed by atoms with Crippen molar-refractivity contribution in [2.75, 3.05) is 6.54 Å². The summed E-state index contributed by atoms with van der Waals surface area (Å²) in [7, 11) is 0. The van der Waals surface area contributed by atoms with Gasteiger partial charge in [0.1, 0.15) is 5.56 Å². The number of amides is 1. The molecule has 0 unspecified atom stereocenters. The fourth-order valence-electron chi connectivity index (χ4n) is 2.41. The molecule has 1 saturated carbocycles. The molecular formula is C14H19ClN2O2. The van der Waals surface area contributed by atoms with E-state index in [0.29, 0.717) is 12.5 Å². The van der Waals surface area contributed by atoms with E-state index >= 15 is 0 Å². The normalized spacial score (nSPS) is 23.1. The Kier molecular flexibility index (Phi) is 4.64. The molecular weight excluding hydrogens is 264 g/mol. The molecule has 0 atom stereocenters. The van der Waals surface area contributed by atoms with Gasteiger partial charge in [0, 0.05) is 29.9 Å². The fraction of sp³-hybridized carbons (Fsp3) is 0.571. The highest BCUT2D eigenvalue weighted by Crippen LogP contribution is 2.26. The maximum Gasteiger partial charge on any atom is 0.256 e. The van der Waals surface area contributed by atoms with Crippen LogP contribution in [-0.4, -0.2) is 22.8 Å². The van der Waals surface area contributed by atoms with Gasteiger partial charge in [-0.3, -0.25) is 9.59 Å². The molecule has 1 aromatic heterocycles. The molecule has 5 heteroatoms. The second-order valence-corrected chi connectivity index (χ2v) is 5.84. The third-order valence-electron chi connectivity index (χ3n) is 3.63. The molecule has 1 amide bonds. The highest BCUT2D eigenvalue weighted by atomic mass is 35.5. The molecule has 1 heterocycles. The quantitative estimate of drug-likeness (QED) is 0.835. The van der Waals surface area contributed by atoms with Crippen molar-refractivity contribution >= 4 is 17.5 Å². The number of halogens is 1. The molecule has 1 aromatic rings. The maximum absolute atomic E-state index is 11.9. The highest BCUT2D eigenvalue weighted by Gasteiger charge is 2.20. The molecule has 0 saturated heterocycles. The van der Waals surface area contributed by atoms with E-state index in [2.05, 4.69) is 10.3 Å². The molecule has 19 heavy (non-hydrogen) atoms. The number of aryl methyl sites for hydroxylation is 1. The zero-order valence-electron chi connectivity index (χ0n) is 11.0. The SMILES string of the molecule is Cc1cc(=O)c(C(=O)NCC2CCC(Cl)CC2)c[nH]1. The van der Waals surface area contributed by atoms with E-state index < -0.39 is 0 Å². The highest BCUT2D eigenvalue weighted by molar-refractivity contribution is 6.20. The Morgan fingerprint density at radius 2 is 2.11 bits per heavy atom. The Morgan fingerprint density at radius 1 is 1.42 bits per heavy atom. The van der Waals surface area contributed by atoms with Crippen LogP contribution in [0.1, 0.15) is 41.7 Å². The first-order valence-corrected chi connectivity index (χ1v) is 7.11. The van der Waals surface area contributed by atoms with Gasteiger partial charge in [0.25, 0.3) is 5.91 Å². The first-order valence-electron chi connectivity index (χ1n) is 6.68. The molecule has 2 rings (SSSR count). The average molecular weight is 283 g/mol. The van der Waals surface area contributed by atoms with Gasteiger partial charge >= 0.3 is 0 Å². The van der Waals surface area contributed by atoms with Gasteiger partial charge in [0.2, 0.25) is 0 Å². The molecule has 0 spiro atoms. The number of aromatic nitrogens is 1. The monoisotopic (exact) mass is 282 g/mol. The smallest absolute Gasteiger partial charge is 0.256 e. The van der Waals surface area contributed by atoms with Crippen LogP contribution in [0.2, 0.25) is 0 Å². The standard InChI is InChI=1S/C14H19ClN2O2/c1-9-6-13(18)12(8-16-9)14(19)17-7-10-2-4-11(15)5-3-10/h6,8,10-11H,2-5,7H2,1H3,(H,16,18)(H,17,19). The number of hydrogen-bond acceptors (Lipinski definition) is 2. The van der Waals surface area contributed by atoms with Gasteiger partial charge in [-0.1, -0.05) is 0 Å². The summed E-state index contributed by atoms with van der Waals surface area (Å²) in [5.41, 5.74) is 0.692. The van der Waals surface area contributed by atoms with Gasteiger partial charge < -0.3 is 10.3 Å². The van der Waals surface area contributed by atoms with Crippen molar-refractivity contribution in [1.82, 2.24) is 10.3 Å². The lowest BCUT2D eigenvalue weighted by atomic mass is 9.89. The summed E-state index contributed by atoms with van der Waals surface area (Å²) in [5, 5.41) is 3.13. The minimum atomic E-state index is -0.297. The van der Waals surface area contributed by atoms with Crippen molar-refractivity contribution in [3.63, 3.8) is 0 Å². The maximum atomic E-state index is 11.9. The number of pyridine rings is 1. The van der Waals surface area contributed by atoms with Gasteiger partial charge in [-0.25, -0.2) is 0 Å². The lowest BCUT2D eigenvalue weighted by molar-refractivity contribution is 0.0942. The molecule has 1 fully saturated rings. The number of carbonyl (C=O) groups is 1. The number of nitrogens with one attached hydrogen (secondary N) is 2. The summed E-state index contributed by atoms with van der Waals surface area (Å²) >= 11 is 6.04. The van der Waals surface area contributed by atoms with Crippen LogP contribution in [-0.2, 0) is 0 Å². The second kappa shape index (κ2) is 6.24. The van der Waals surface area contributed by atoms with Crippen LogP contribution in [0.15, 0.2) is 17.1 Å². The van der Waals surface area contributed by atoms with Crippen LogP contribution >= 0.6 is 11.6 Å². The van der Waals surface area contributed by atoms with E-state index in [0.717, 1.165) is 31.4 Å². The number of carbonyl (C=O) groups excluding carboxylic acids is 1. The lowest BCUT2D eigenvalue weighted by Gasteiger charge is -2.24. The first-order chi connectivity index (χ1) is 9.06. The Morgan fingerprint density at radius 3 is 2.74 bits per heavy atom. The zero-order chi connectivity index (χ0) is 13.8. The van der Waals surface area contributed by atoms with Gasteiger partial charge in [-0.15, -0.1) is 11.6 Å². The van der Waals surface area contributed by atoms with E-state index in [4.69, 9.17) is 11.6 Å². The van der Waals surface area contributed by atoms with Crippen molar-refractivity contribution in [3.05, 3.63) is 33.7 Å². The molecule has 0 aromatic carbocycles. The van der Waals surface area contributed by atoms with E-state index in [-0.39, 0.29) is 22.3 Å². The van der Waals surface area contributed by atoms with Crippen molar-refractivity contribution in [2.45, 2.75) is 38.0 Å². The van der Waals surface area contributed by atoms with Gasteiger partial charge in [-0.2, -0.15) is 0 Å². The zero-order valence-corrected chi connectivity index (χ0v) is 11.8. The van der Waals surface area contributed by atoms with E-state index in [1.54, 1.807) is 6.92 Å². The Balaban J connectivity index is 1.89.